The number of nitrogens with zero attached hydrogens (tertiary/aromatic N) is 1. The summed E-state index contributed by atoms with van der Waals surface area (Å²) in [5, 5.41) is 4.78. The third-order valence-electron chi connectivity index (χ3n) is 7.93. The summed E-state index contributed by atoms with van der Waals surface area (Å²) in [5.41, 5.74) is 1.31. The standard InChI is InChI=1S/C26H37N3OS/c1-18-28-22-8-7-9-23(24(22)25(30)29-18)31-11-6-4-2-3-5-10-27-26-15-19-12-20(16-26)14-21(13-19)17-26/h7-9,19-21,27H,2-6,10-17H2,1H3,(H,28,29,30). The molecule has 0 aliphatic heterocycles. The zero-order chi connectivity index (χ0) is 21.3. The second-order valence-electron chi connectivity index (χ2n) is 10.5. The number of aryl methyl sites for hydroxylation is 1. The molecule has 4 bridgehead atoms. The average molecular weight is 440 g/mol. The molecule has 0 atom stereocenters. The predicted molar refractivity (Wildman–Crippen MR) is 130 cm³/mol. The van der Waals surface area contributed by atoms with Crippen LogP contribution in [0.1, 0.15) is 76.5 Å². The van der Waals surface area contributed by atoms with Gasteiger partial charge in [0, 0.05) is 10.4 Å². The van der Waals surface area contributed by atoms with Crippen molar-refractivity contribution in [3.05, 3.63) is 34.4 Å². The average Bonchev–Trinajstić information content (AvgIpc) is 2.71. The number of nitrogens with one attached hydrogen (secondary N) is 2. The van der Waals surface area contributed by atoms with Crippen LogP contribution in [0.3, 0.4) is 0 Å². The van der Waals surface area contributed by atoms with Gasteiger partial charge in [-0.25, -0.2) is 4.98 Å². The van der Waals surface area contributed by atoms with Crippen molar-refractivity contribution in [3.63, 3.8) is 0 Å². The Balaban J connectivity index is 0.987. The molecule has 4 aliphatic carbocycles. The second kappa shape index (κ2) is 9.27. The molecular formula is C26H37N3OS. The molecule has 0 amide bonds. The number of H-pyrrole nitrogens is 1. The van der Waals surface area contributed by atoms with E-state index in [1.807, 2.05) is 19.1 Å². The van der Waals surface area contributed by atoms with Crippen LogP contribution in [0.25, 0.3) is 10.9 Å². The van der Waals surface area contributed by atoms with Crippen molar-refractivity contribution in [2.75, 3.05) is 12.3 Å². The molecular weight excluding hydrogens is 402 g/mol. The lowest BCUT2D eigenvalue weighted by atomic mass is 9.53. The smallest absolute Gasteiger partial charge is 0.259 e. The highest BCUT2D eigenvalue weighted by Gasteiger charge is 2.50. The van der Waals surface area contributed by atoms with E-state index in [2.05, 4.69) is 21.4 Å². The predicted octanol–water partition coefficient (Wildman–Crippen LogP) is 5.83. The van der Waals surface area contributed by atoms with Gasteiger partial charge in [0.1, 0.15) is 5.82 Å². The van der Waals surface area contributed by atoms with E-state index in [4.69, 9.17) is 0 Å². The molecule has 2 aromatic rings. The normalized spacial score (nSPS) is 29.1. The summed E-state index contributed by atoms with van der Waals surface area (Å²) in [6, 6.07) is 5.99. The van der Waals surface area contributed by atoms with Crippen LogP contribution >= 0.6 is 11.8 Å². The van der Waals surface area contributed by atoms with Crippen molar-refractivity contribution < 1.29 is 0 Å². The Bertz CT molecular complexity index is 933. The molecule has 5 heteroatoms. The van der Waals surface area contributed by atoms with E-state index in [-0.39, 0.29) is 5.56 Å². The van der Waals surface area contributed by atoms with Gasteiger partial charge < -0.3 is 10.3 Å². The Kier molecular flexibility index (Phi) is 6.43. The van der Waals surface area contributed by atoms with Gasteiger partial charge in [-0.3, -0.25) is 4.79 Å². The molecule has 4 aliphatic rings. The van der Waals surface area contributed by atoms with E-state index >= 15 is 0 Å². The molecule has 0 saturated heterocycles. The first-order valence-electron chi connectivity index (χ1n) is 12.5. The van der Waals surface area contributed by atoms with E-state index in [1.54, 1.807) is 11.8 Å². The summed E-state index contributed by atoms with van der Waals surface area (Å²) in [6.07, 6.45) is 15.4. The second-order valence-corrected chi connectivity index (χ2v) is 11.7. The summed E-state index contributed by atoms with van der Waals surface area (Å²) >= 11 is 1.80. The molecule has 4 nitrogen and oxygen atoms in total. The molecule has 168 valence electrons. The van der Waals surface area contributed by atoms with E-state index in [1.165, 1.54) is 77.2 Å². The number of rotatable bonds is 10. The van der Waals surface area contributed by atoms with Crippen molar-refractivity contribution in [2.45, 2.75) is 88.0 Å². The fourth-order valence-electron chi connectivity index (χ4n) is 7.02. The van der Waals surface area contributed by atoms with Gasteiger partial charge in [-0.05, 0) is 100 Å². The number of benzene rings is 1. The molecule has 31 heavy (non-hydrogen) atoms. The van der Waals surface area contributed by atoms with Gasteiger partial charge in [0.2, 0.25) is 0 Å². The minimum atomic E-state index is -0.0166. The number of thioether (sulfide) groups is 1. The first-order chi connectivity index (χ1) is 15.1. The third kappa shape index (κ3) is 4.88. The highest BCUT2D eigenvalue weighted by atomic mass is 32.2. The lowest BCUT2D eigenvalue weighted by Crippen LogP contribution is -2.58. The first-order valence-corrected chi connectivity index (χ1v) is 13.5. The Morgan fingerprint density at radius 1 is 1.03 bits per heavy atom. The Labute approximate surface area is 190 Å². The fourth-order valence-corrected chi connectivity index (χ4v) is 8.10. The van der Waals surface area contributed by atoms with Crippen molar-refractivity contribution >= 4 is 22.7 Å². The lowest BCUT2D eigenvalue weighted by molar-refractivity contribution is -0.0196. The van der Waals surface area contributed by atoms with Crippen LogP contribution in [0.2, 0.25) is 0 Å². The molecule has 1 aromatic heterocycles. The van der Waals surface area contributed by atoms with Gasteiger partial charge in [-0.15, -0.1) is 11.8 Å². The highest BCUT2D eigenvalue weighted by Crippen LogP contribution is 2.55. The van der Waals surface area contributed by atoms with Crippen LogP contribution in [-0.2, 0) is 0 Å². The number of hydrogen-bond acceptors (Lipinski definition) is 4. The van der Waals surface area contributed by atoms with Gasteiger partial charge in [-0.1, -0.05) is 25.3 Å². The van der Waals surface area contributed by atoms with E-state index in [0.717, 1.165) is 39.3 Å². The van der Waals surface area contributed by atoms with Crippen molar-refractivity contribution in [2.24, 2.45) is 17.8 Å². The lowest BCUT2D eigenvalue weighted by Gasteiger charge is -2.57. The van der Waals surface area contributed by atoms with Gasteiger partial charge in [-0.2, -0.15) is 0 Å². The van der Waals surface area contributed by atoms with Crippen molar-refractivity contribution in [1.29, 1.82) is 0 Å². The van der Waals surface area contributed by atoms with Gasteiger partial charge in [0.25, 0.3) is 5.56 Å². The van der Waals surface area contributed by atoms with Crippen LogP contribution in [-0.4, -0.2) is 27.8 Å². The minimum Gasteiger partial charge on any atom is -0.311 e. The number of fused-ring (bicyclic) bond motifs is 1. The number of aromatic amines is 1. The van der Waals surface area contributed by atoms with Crippen molar-refractivity contribution in [3.8, 4) is 0 Å². The summed E-state index contributed by atoms with van der Waals surface area (Å²) in [5.74, 6) is 4.85. The Morgan fingerprint density at radius 3 is 2.45 bits per heavy atom. The summed E-state index contributed by atoms with van der Waals surface area (Å²) < 4.78 is 0. The number of unbranched alkanes of at least 4 members (excludes halogenated alkanes) is 4. The summed E-state index contributed by atoms with van der Waals surface area (Å²) in [6.45, 7) is 3.05. The maximum Gasteiger partial charge on any atom is 0.259 e. The zero-order valence-electron chi connectivity index (χ0n) is 18.9. The first kappa shape index (κ1) is 21.5. The largest absolute Gasteiger partial charge is 0.311 e. The topological polar surface area (TPSA) is 57.8 Å². The Hall–Kier alpha value is -1.33. The highest BCUT2D eigenvalue weighted by molar-refractivity contribution is 7.99. The van der Waals surface area contributed by atoms with Gasteiger partial charge in [0.05, 0.1) is 10.9 Å². The third-order valence-corrected chi connectivity index (χ3v) is 9.07. The fraction of sp³-hybridized carbons (Fsp3) is 0.692. The van der Waals surface area contributed by atoms with Gasteiger partial charge >= 0.3 is 0 Å². The van der Waals surface area contributed by atoms with Crippen LogP contribution in [0.5, 0.6) is 0 Å². The van der Waals surface area contributed by atoms with E-state index in [9.17, 15) is 4.79 Å². The van der Waals surface area contributed by atoms with E-state index in [0.29, 0.717) is 11.4 Å². The Morgan fingerprint density at radius 2 is 1.71 bits per heavy atom. The molecule has 1 heterocycles. The molecule has 2 N–H and O–H groups in total. The molecule has 0 radical (unpaired) electrons. The van der Waals surface area contributed by atoms with Crippen LogP contribution < -0.4 is 10.9 Å². The SMILES string of the molecule is Cc1nc2cccc(SCCCCCCCNC34CC5CC(CC(C5)C3)C4)c2c(=O)[nH]1. The number of hydrogen-bond donors (Lipinski definition) is 2. The van der Waals surface area contributed by atoms with Gasteiger partial charge in [0.15, 0.2) is 0 Å². The minimum absolute atomic E-state index is 0.0166. The molecule has 4 saturated carbocycles. The monoisotopic (exact) mass is 439 g/mol. The number of aromatic nitrogens is 2. The maximum absolute atomic E-state index is 12.3. The summed E-state index contributed by atoms with van der Waals surface area (Å²) in [4.78, 5) is 20.7. The molecule has 0 unspecified atom stereocenters. The molecule has 6 rings (SSSR count). The summed E-state index contributed by atoms with van der Waals surface area (Å²) in [7, 11) is 0. The molecule has 4 fully saturated rings. The van der Waals surface area contributed by atoms with Crippen LogP contribution in [0.15, 0.2) is 27.9 Å². The molecule has 1 aromatic carbocycles. The quantitative estimate of drug-likeness (QED) is 0.361. The van der Waals surface area contributed by atoms with E-state index < -0.39 is 0 Å². The van der Waals surface area contributed by atoms with Crippen molar-refractivity contribution in [1.82, 2.24) is 15.3 Å². The molecule has 0 spiro atoms. The van der Waals surface area contributed by atoms with Crippen LogP contribution in [0, 0.1) is 24.7 Å². The van der Waals surface area contributed by atoms with Crippen LogP contribution in [0.4, 0.5) is 0 Å². The zero-order valence-corrected chi connectivity index (χ0v) is 19.7. The maximum atomic E-state index is 12.3.